The molecule has 0 bridgehead atoms. The maximum atomic E-state index is 4.90. The number of hydrogen-bond acceptors (Lipinski definition) is 1. The number of hydrogen-bond donors (Lipinski definition) is 0. The Balaban J connectivity index is 1.82. The molecule has 0 spiro atoms. The highest BCUT2D eigenvalue weighted by atomic mass is 15.1. The van der Waals surface area contributed by atoms with E-state index >= 15 is 0 Å². The molecule has 0 aliphatic heterocycles. The van der Waals surface area contributed by atoms with Crippen molar-refractivity contribution in [1.82, 2.24) is 9.55 Å². The minimum absolute atomic E-state index is 0.814. The van der Waals surface area contributed by atoms with Crippen molar-refractivity contribution < 1.29 is 0 Å². The van der Waals surface area contributed by atoms with Gasteiger partial charge in [0.25, 0.3) is 0 Å². The average Bonchev–Trinajstić information content (AvgIpc) is 2.99. The van der Waals surface area contributed by atoms with Crippen LogP contribution in [0.4, 0.5) is 0 Å². The lowest BCUT2D eigenvalue weighted by atomic mass is 10.1. The standard InChI is InChI=1S/C24H22N2/c1-18-15-22-23(16-19(18)2)26(17-21-11-7-4-8-12-21)24(25-22)14-13-20-9-5-3-6-10-20/h3-16H,17H2,1-2H3/b14-13+. The van der Waals surface area contributed by atoms with E-state index in [2.05, 4.69) is 97.3 Å². The summed E-state index contributed by atoms with van der Waals surface area (Å²) < 4.78 is 2.30. The predicted molar refractivity (Wildman–Crippen MR) is 110 cm³/mol. The molecule has 0 amide bonds. The SMILES string of the molecule is Cc1cc2nc(/C=C/c3ccccc3)n(Cc3ccccc3)c2cc1C. The van der Waals surface area contributed by atoms with Gasteiger partial charge in [-0.2, -0.15) is 0 Å². The summed E-state index contributed by atoms with van der Waals surface area (Å²) in [6.07, 6.45) is 4.24. The Morgan fingerprint density at radius 1 is 0.808 bits per heavy atom. The largest absolute Gasteiger partial charge is 0.320 e. The van der Waals surface area contributed by atoms with Crippen molar-refractivity contribution in [2.75, 3.05) is 0 Å². The summed E-state index contributed by atoms with van der Waals surface area (Å²) in [7, 11) is 0. The summed E-state index contributed by atoms with van der Waals surface area (Å²) in [6, 6.07) is 25.4. The molecule has 3 aromatic carbocycles. The van der Waals surface area contributed by atoms with E-state index in [9.17, 15) is 0 Å². The monoisotopic (exact) mass is 338 g/mol. The molecule has 0 saturated carbocycles. The molecule has 4 rings (SSSR count). The molecular weight excluding hydrogens is 316 g/mol. The molecule has 2 heteroatoms. The first kappa shape index (κ1) is 16.3. The van der Waals surface area contributed by atoms with Gasteiger partial charge in [0.05, 0.1) is 11.0 Å². The number of benzene rings is 3. The first-order valence-corrected chi connectivity index (χ1v) is 8.95. The van der Waals surface area contributed by atoms with Crippen molar-refractivity contribution in [3.63, 3.8) is 0 Å². The van der Waals surface area contributed by atoms with Gasteiger partial charge in [0.15, 0.2) is 0 Å². The van der Waals surface area contributed by atoms with Crippen LogP contribution in [-0.2, 0) is 6.54 Å². The smallest absolute Gasteiger partial charge is 0.134 e. The Hall–Kier alpha value is -3.13. The highest BCUT2D eigenvalue weighted by Crippen LogP contribution is 2.23. The zero-order chi connectivity index (χ0) is 17.9. The molecule has 0 atom stereocenters. The molecule has 1 heterocycles. The fourth-order valence-electron chi connectivity index (χ4n) is 3.19. The fourth-order valence-corrected chi connectivity index (χ4v) is 3.19. The minimum atomic E-state index is 0.814. The summed E-state index contributed by atoms with van der Waals surface area (Å²) in [5.74, 6) is 0.984. The van der Waals surface area contributed by atoms with E-state index in [0.29, 0.717) is 0 Å². The zero-order valence-electron chi connectivity index (χ0n) is 15.2. The van der Waals surface area contributed by atoms with Gasteiger partial charge in [-0.3, -0.25) is 0 Å². The van der Waals surface area contributed by atoms with Gasteiger partial charge in [0.2, 0.25) is 0 Å². The van der Waals surface area contributed by atoms with Gasteiger partial charge < -0.3 is 4.57 Å². The summed E-state index contributed by atoms with van der Waals surface area (Å²) in [4.78, 5) is 4.90. The molecule has 0 aliphatic carbocycles. The van der Waals surface area contributed by atoms with Crippen LogP contribution in [-0.4, -0.2) is 9.55 Å². The number of imidazole rings is 1. The van der Waals surface area contributed by atoms with Crippen molar-refractivity contribution in [2.45, 2.75) is 20.4 Å². The first-order valence-electron chi connectivity index (χ1n) is 8.95. The van der Waals surface area contributed by atoms with E-state index in [1.54, 1.807) is 0 Å². The Morgan fingerprint density at radius 3 is 2.19 bits per heavy atom. The Labute approximate surface area is 154 Å². The number of aryl methyl sites for hydroxylation is 2. The van der Waals surface area contributed by atoms with E-state index < -0.39 is 0 Å². The van der Waals surface area contributed by atoms with Gasteiger partial charge >= 0.3 is 0 Å². The van der Waals surface area contributed by atoms with Crippen LogP contribution in [0.15, 0.2) is 72.8 Å². The summed E-state index contributed by atoms with van der Waals surface area (Å²) in [5.41, 5.74) is 7.27. The van der Waals surface area contributed by atoms with Crippen LogP contribution in [0.2, 0.25) is 0 Å². The molecule has 128 valence electrons. The van der Waals surface area contributed by atoms with Crippen molar-refractivity contribution in [3.8, 4) is 0 Å². The molecule has 0 aliphatic rings. The van der Waals surface area contributed by atoms with Crippen LogP contribution in [0.5, 0.6) is 0 Å². The third-order valence-corrected chi connectivity index (χ3v) is 4.80. The van der Waals surface area contributed by atoms with Crippen LogP contribution in [0.3, 0.4) is 0 Å². The molecule has 0 fully saturated rings. The maximum absolute atomic E-state index is 4.90. The maximum Gasteiger partial charge on any atom is 0.134 e. The number of fused-ring (bicyclic) bond motifs is 1. The average molecular weight is 338 g/mol. The summed E-state index contributed by atoms with van der Waals surface area (Å²) >= 11 is 0. The first-order chi connectivity index (χ1) is 12.7. The second-order valence-corrected chi connectivity index (χ2v) is 6.71. The summed E-state index contributed by atoms with van der Waals surface area (Å²) in [6.45, 7) is 5.12. The third kappa shape index (κ3) is 3.31. The molecule has 0 saturated heterocycles. The Morgan fingerprint density at radius 2 is 1.46 bits per heavy atom. The van der Waals surface area contributed by atoms with Crippen molar-refractivity contribution in [3.05, 3.63) is 101 Å². The van der Waals surface area contributed by atoms with Gasteiger partial charge in [-0.1, -0.05) is 66.7 Å². The van der Waals surface area contributed by atoms with E-state index in [1.165, 1.54) is 27.8 Å². The van der Waals surface area contributed by atoms with Crippen LogP contribution >= 0.6 is 0 Å². The molecule has 1 aromatic heterocycles. The van der Waals surface area contributed by atoms with Crippen LogP contribution in [0, 0.1) is 13.8 Å². The lowest BCUT2D eigenvalue weighted by molar-refractivity contribution is 0.813. The second kappa shape index (κ2) is 7.01. The zero-order valence-corrected chi connectivity index (χ0v) is 15.2. The third-order valence-electron chi connectivity index (χ3n) is 4.80. The predicted octanol–water partition coefficient (Wildman–Crippen LogP) is 5.87. The number of aromatic nitrogens is 2. The van der Waals surface area contributed by atoms with E-state index in [0.717, 1.165) is 17.9 Å². The Bertz CT molecular complexity index is 1060. The molecule has 2 nitrogen and oxygen atoms in total. The highest BCUT2D eigenvalue weighted by Gasteiger charge is 2.11. The quantitative estimate of drug-likeness (QED) is 0.455. The fraction of sp³-hybridized carbons (Fsp3) is 0.125. The molecule has 0 unspecified atom stereocenters. The van der Waals surface area contributed by atoms with Crippen molar-refractivity contribution in [2.24, 2.45) is 0 Å². The molecule has 4 aromatic rings. The lowest BCUT2D eigenvalue weighted by Crippen LogP contribution is -2.02. The van der Waals surface area contributed by atoms with Gasteiger partial charge in [0.1, 0.15) is 5.82 Å². The normalized spacial score (nSPS) is 11.5. The van der Waals surface area contributed by atoms with Crippen molar-refractivity contribution in [1.29, 1.82) is 0 Å². The summed E-state index contributed by atoms with van der Waals surface area (Å²) in [5, 5.41) is 0. The van der Waals surface area contributed by atoms with Crippen LogP contribution < -0.4 is 0 Å². The number of nitrogens with zero attached hydrogens (tertiary/aromatic N) is 2. The molecule has 26 heavy (non-hydrogen) atoms. The minimum Gasteiger partial charge on any atom is -0.320 e. The van der Waals surface area contributed by atoms with Gasteiger partial charge in [0, 0.05) is 6.54 Å². The van der Waals surface area contributed by atoms with Gasteiger partial charge in [-0.15, -0.1) is 0 Å². The number of rotatable bonds is 4. The van der Waals surface area contributed by atoms with E-state index in [-0.39, 0.29) is 0 Å². The molecular formula is C24H22N2. The van der Waals surface area contributed by atoms with E-state index in [1.807, 2.05) is 6.07 Å². The van der Waals surface area contributed by atoms with Gasteiger partial charge in [-0.05, 0) is 54.3 Å². The van der Waals surface area contributed by atoms with Crippen LogP contribution in [0.1, 0.15) is 28.1 Å². The van der Waals surface area contributed by atoms with Crippen molar-refractivity contribution >= 4 is 23.2 Å². The highest BCUT2D eigenvalue weighted by molar-refractivity contribution is 5.81. The topological polar surface area (TPSA) is 17.8 Å². The molecule has 0 radical (unpaired) electrons. The van der Waals surface area contributed by atoms with Crippen LogP contribution in [0.25, 0.3) is 23.2 Å². The van der Waals surface area contributed by atoms with Gasteiger partial charge in [-0.25, -0.2) is 4.98 Å². The lowest BCUT2D eigenvalue weighted by Gasteiger charge is -2.08. The second-order valence-electron chi connectivity index (χ2n) is 6.71. The molecule has 0 N–H and O–H groups in total. The Kier molecular flexibility index (Phi) is 4.40. The van der Waals surface area contributed by atoms with E-state index in [4.69, 9.17) is 4.98 Å².